The SMILES string of the molecule is CCCC(=O)Nc1c(C(=O)OC)sc2nc(CN3CCN(c4ccccc4F)CC3)ccc12. The molecule has 0 radical (unpaired) electrons. The van der Waals surface area contributed by atoms with E-state index in [9.17, 15) is 14.0 Å². The number of carbonyl (C=O) groups excluding carboxylic acids is 2. The van der Waals surface area contributed by atoms with E-state index >= 15 is 0 Å². The van der Waals surface area contributed by atoms with Crippen LogP contribution >= 0.6 is 11.3 Å². The van der Waals surface area contributed by atoms with E-state index in [1.807, 2.05) is 31.2 Å². The molecule has 33 heavy (non-hydrogen) atoms. The number of hydrogen-bond donors (Lipinski definition) is 1. The Labute approximate surface area is 196 Å². The van der Waals surface area contributed by atoms with Crippen molar-refractivity contribution in [1.29, 1.82) is 0 Å². The number of amides is 1. The van der Waals surface area contributed by atoms with Crippen LogP contribution in [0.4, 0.5) is 15.8 Å². The van der Waals surface area contributed by atoms with Crippen LogP contribution in [0.2, 0.25) is 0 Å². The zero-order chi connectivity index (χ0) is 23.4. The van der Waals surface area contributed by atoms with E-state index in [0.717, 1.165) is 37.3 Å². The van der Waals surface area contributed by atoms with Gasteiger partial charge >= 0.3 is 5.97 Å². The molecule has 1 N–H and O–H groups in total. The number of halogens is 1. The highest BCUT2D eigenvalue weighted by Crippen LogP contribution is 2.36. The number of benzene rings is 1. The van der Waals surface area contributed by atoms with E-state index in [4.69, 9.17) is 9.72 Å². The van der Waals surface area contributed by atoms with E-state index in [-0.39, 0.29) is 11.7 Å². The number of pyridine rings is 1. The molecule has 2 aromatic heterocycles. The van der Waals surface area contributed by atoms with Crippen molar-refractivity contribution in [3.8, 4) is 0 Å². The lowest BCUT2D eigenvalue weighted by atomic mass is 10.2. The lowest BCUT2D eigenvalue weighted by Gasteiger charge is -2.36. The van der Waals surface area contributed by atoms with Gasteiger partial charge in [0.1, 0.15) is 15.5 Å². The first kappa shape index (κ1) is 23.1. The molecule has 0 bridgehead atoms. The van der Waals surface area contributed by atoms with E-state index in [0.29, 0.717) is 40.5 Å². The number of fused-ring (bicyclic) bond motifs is 1. The smallest absolute Gasteiger partial charge is 0.350 e. The molecule has 7 nitrogen and oxygen atoms in total. The molecule has 0 atom stereocenters. The summed E-state index contributed by atoms with van der Waals surface area (Å²) in [5, 5.41) is 3.59. The van der Waals surface area contributed by atoms with Crippen molar-refractivity contribution in [2.45, 2.75) is 26.3 Å². The number of ether oxygens (including phenoxy) is 1. The number of para-hydroxylation sites is 1. The summed E-state index contributed by atoms with van der Waals surface area (Å²) in [6, 6.07) is 10.7. The molecule has 1 saturated heterocycles. The number of nitrogens with zero attached hydrogens (tertiary/aromatic N) is 3. The fourth-order valence-electron chi connectivity index (χ4n) is 3.98. The Kier molecular flexibility index (Phi) is 7.20. The number of esters is 1. The third kappa shape index (κ3) is 5.15. The molecule has 1 amide bonds. The van der Waals surface area contributed by atoms with Crippen LogP contribution in [0.15, 0.2) is 36.4 Å². The summed E-state index contributed by atoms with van der Waals surface area (Å²) in [5.41, 5.74) is 1.99. The Morgan fingerprint density at radius 2 is 1.91 bits per heavy atom. The minimum atomic E-state index is -0.490. The van der Waals surface area contributed by atoms with E-state index in [2.05, 4.69) is 15.1 Å². The van der Waals surface area contributed by atoms with Gasteiger partial charge < -0.3 is 15.0 Å². The predicted octanol–water partition coefficient (Wildman–Crippen LogP) is 4.28. The quantitative estimate of drug-likeness (QED) is 0.520. The number of piperazine rings is 1. The summed E-state index contributed by atoms with van der Waals surface area (Å²) in [6.45, 7) is 5.65. The van der Waals surface area contributed by atoms with Crippen LogP contribution < -0.4 is 10.2 Å². The highest BCUT2D eigenvalue weighted by molar-refractivity contribution is 7.21. The number of hydrogen-bond acceptors (Lipinski definition) is 7. The maximum Gasteiger partial charge on any atom is 0.350 e. The predicted molar refractivity (Wildman–Crippen MR) is 128 cm³/mol. The Morgan fingerprint density at radius 3 is 2.61 bits per heavy atom. The second-order valence-electron chi connectivity index (χ2n) is 7.97. The molecule has 3 aromatic rings. The first-order valence-electron chi connectivity index (χ1n) is 11.0. The molecular weight excluding hydrogens is 443 g/mol. The highest BCUT2D eigenvalue weighted by atomic mass is 32.1. The zero-order valence-electron chi connectivity index (χ0n) is 18.8. The minimum Gasteiger partial charge on any atom is -0.465 e. The number of methoxy groups -OCH3 is 1. The summed E-state index contributed by atoms with van der Waals surface area (Å²) < 4.78 is 19.0. The van der Waals surface area contributed by atoms with Gasteiger partial charge in [-0.1, -0.05) is 19.1 Å². The van der Waals surface area contributed by atoms with Gasteiger partial charge in [-0.3, -0.25) is 9.69 Å². The molecule has 9 heteroatoms. The molecule has 0 aliphatic carbocycles. The van der Waals surface area contributed by atoms with Crippen LogP contribution in [0, 0.1) is 5.82 Å². The number of rotatable bonds is 7. The van der Waals surface area contributed by atoms with Crippen molar-refractivity contribution in [1.82, 2.24) is 9.88 Å². The van der Waals surface area contributed by atoms with Gasteiger partial charge in [-0.05, 0) is 30.7 Å². The van der Waals surface area contributed by atoms with Gasteiger partial charge in [-0.25, -0.2) is 14.2 Å². The Hall–Kier alpha value is -3.04. The summed E-state index contributed by atoms with van der Waals surface area (Å²) in [5.74, 6) is -0.825. The molecule has 0 spiro atoms. The van der Waals surface area contributed by atoms with Gasteiger partial charge in [0.25, 0.3) is 0 Å². The van der Waals surface area contributed by atoms with Crippen LogP contribution in [0.5, 0.6) is 0 Å². The second kappa shape index (κ2) is 10.3. The zero-order valence-corrected chi connectivity index (χ0v) is 19.6. The van der Waals surface area contributed by atoms with Crippen molar-refractivity contribution in [2.75, 3.05) is 43.5 Å². The molecule has 4 rings (SSSR count). The van der Waals surface area contributed by atoms with E-state index in [1.165, 1.54) is 24.5 Å². The fourth-order valence-corrected chi connectivity index (χ4v) is 5.04. The minimum absolute atomic E-state index is 0.140. The van der Waals surface area contributed by atoms with Crippen LogP contribution in [-0.2, 0) is 16.1 Å². The van der Waals surface area contributed by atoms with Crippen LogP contribution in [0.1, 0.15) is 35.1 Å². The molecule has 174 valence electrons. The van der Waals surface area contributed by atoms with Crippen LogP contribution in [0.3, 0.4) is 0 Å². The lowest BCUT2D eigenvalue weighted by Crippen LogP contribution is -2.46. The Morgan fingerprint density at radius 1 is 1.15 bits per heavy atom. The van der Waals surface area contributed by atoms with Gasteiger partial charge in [0.15, 0.2) is 0 Å². The maximum atomic E-state index is 14.1. The van der Waals surface area contributed by atoms with E-state index in [1.54, 1.807) is 6.07 Å². The van der Waals surface area contributed by atoms with Gasteiger partial charge in [-0.15, -0.1) is 11.3 Å². The van der Waals surface area contributed by atoms with Gasteiger partial charge in [-0.2, -0.15) is 0 Å². The van der Waals surface area contributed by atoms with Crippen molar-refractivity contribution in [3.63, 3.8) is 0 Å². The highest BCUT2D eigenvalue weighted by Gasteiger charge is 2.23. The Bertz CT molecular complexity index is 1160. The first-order valence-corrected chi connectivity index (χ1v) is 11.8. The number of carbonyl (C=O) groups is 2. The largest absolute Gasteiger partial charge is 0.465 e. The molecule has 0 saturated carbocycles. The first-order chi connectivity index (χ1) is 16.0. The summed E-state index contributed by atoms with van der Waals surface area (Å²) in [7, 11) is 1.32. The van der Waals surface area contributed by atoms with Gasteiger partial charge in [0.05, 0.1) is 24.2 Å². The van der Waals surface area contributed by atoms with E-state index < -0.39 is 5.97 Å². The summed E-state index contributed by atoms with van der Waals surface area (Å²) in [4.78, 5) is 34.6. The number of anilines is 2. The van der Waals surface area contributed by atoms with Crippen molar-refractivity contribution >= 4 is 44.8 Å². The maximum absolute atomic E-state index is 14.1. The van der Waals surface area contributed by atoms with Crippen LogP contribution in [0.25, 0.3) is 10.2 Å². The molecule has 1 aromatic carbocycles. The van der Waals surface area contributed by atoms with Gasteiger partial charge in [0.2, 0.25) is 5.91 Å². The third-order valence-corrected chi connectivity index (χ3v) is 6.76. The third-order valence-electron chi connectivity index (χ3n) is 5.68. The van der Waals surface area contributed by atoms with Crippen molar-refractivity contribution < 1.29 is 18.7 Å². The topological polar surface area (TPSA) is 74.8 Å². The average molecular weight is 471 g/mol. The van der Waals surface area contributed by atoms with Gasteiger partial charge in [0, 0.05) is 44.5 Å². The Balaban J connectivity index is 1.49. The average Bonchev–Trinajstić information content (AvgIpc) is 3.17. The molecule has 1 aliphatic rings. The number of thiophene rings is 1. The molecular formula is C24H27FN4O3S. The van der Waals surface area contributed by atoms with Crippen LogP contribution in [-0.4, -0.2) is 55.0 Å². The lowest BCUT2D eigenvalue weighted by molar-refractivity contribution is -0.116. The number of nitrogens with one attached hydrogen (secondary N) is 1. The monoisotopic (exact) mass is 470 g/mol. The molecule has 1 fully saturated rings. The molecule has 1 aliphatic heterocycles. The van der Waals surface area contributed by atoms with Crippen molar-refractivity contribution in [3.05, 3.63) is 52.8 Å². The fraction of sp³-hybridized carbons (Fsp3) is 0.375. The molecule has 0 unspecified atom stereocenters. The number of aromatic nitrogens is 1. The normalized spacial score (nSPS) is 14.5. The summed E-state index contributed by atoms with van der Waals surface area (Å²) in [6.07, 6.45) is 1.09. The molecule has 3 heterocycles. The standard InChI is InChI=1S/C24H27FN4O3S/c1-3-6-20(30)27-21-17-10-9-16(26-23(17)33-22(21)24(31)32-2)15-28-11-13-29(14-12-28)19-8-5-4-7-18(19)25/h4-5,7-10H,3,6,11-15H2,1-2H3,(H,27,30). The van der Waals surface area contributed by atoms with Crippen molar-refractivity contribution in [2.24, 2.45) is 0 Å². The summed E-state index contributed by atoms with van der Waals surface area (Å²) >= 11 is 1.22. The second-order valence-corrected chi connectivity index (χ2v) is 8.96.